The van der Waals surface area contributed by atoms with Crippen molar-refractivity contribution in [1.82, 2.24) is 4.90 Å². The zero-order valence-corrected chi connectivity index (χ0v) is 13.0. The molecule has 0 spiro atoms. The van der Waals surface area contributed by atoms with Gasteiger partial charge in [0.1, 0.15) is 0 Å². The maximum Gasteiger partial charge on any atom is 0.305 e. The molecule has 0 saturated heterocycles. The van der Waals surface area contributed by atoms with Crippen LogP contribution in [0.1, 0.15) is 13.3 Å². The number of rotatable bonds is 7. The second-order valence-corrected chi connectivity index (χ2v) is 5.82. The average molecular weight is 346 g/mol. The van der Waals surface area contributed by atoms with Crippen LogP contribution in [0, 0.1) is 0 Å². The molecule has 19 heavy (non-hydrogen) atoms. The van der Waals surface area contributed by atoms with Crippen LogP contribution in [0.25, 0.3) is 0 Å². The van der Waals surface area contributed by atoms with Gasteiger partial charge in [-0.3, -0.25) is 9.59 Å². The SMILES string of the molecule is CCN(CCC(=O)O)C(=O)CSc1ccc(Br)cc1. The summed E-state index contributed by atoms with van der Waals surface area (Å²) in [4.78, 5) is 25.0. The molecule has 0 unspecified atom stereocenters. The van der Waals surface area contributed by atoms with E-state index in [4.69, 9.17) is 5.11 Å². The van der Waals surface area contributed by atoms with Crippen LogP contribution in [0.4, 0.5) is 0 Å². The maximum absolute atomic E-state index is 11.9. The molecule has 104 valence electrons. The van der Waals surface area contributed by atoms with Crippen molar-refractivity contribution in [1.29, 1.82) is 0 Å². The van der Waals surface area contributed by atoms with E-state index in [1.165, 1.54) is 11.8 Å². The van der Waals surface area contributed by atoms with Crippen molar-refractivity contribution >= 4 is 39.6 Å². The molecule has 1 amide bonds. The fraction of sp³-hybridized carbons (Fsp3) is 0.385. The van der Waals surface area contributed by atoms with Gasteiger partial charge in [0.25, 0.3) is 0 Å². The minimum Gasteiger partial charge on any atom is -0.481 e. The number of carbonyl (C=O) groups is 2. The highest BCUT2D eigenvalue weighted by Crippen LogP contribution is 2.20. The lowest BCUT2D eigenvalue weighted by Gasteiger charge is -2.19. The molecule has 1 aromatic carbocycles. The third-order valence-corrected chi connectivity index (χ3v) is 4.03. The molecule has 0 heterocycles. The van der Waals surface area contributed by atoms with E-state index in [2.05, 4.69) is 15.9 Å². The van der Waals surface area contributed by atoms with Crippen molar-refractivity contribution in [2.24, 2.45) is 0 Å². The average Bonchev–Trinajstić information content (AvgIpc) is 2.38. The molecular weight excluding hydrogens is 330 g/mol. The van der Waals surface area contributed by atoms with Gasteiger partial charge in [0.05, 0.1) is 12.2 Å². The van der Waals surface area contributed by atoms with Crippen molar-refractivity contribution in [2.45, 2.75) is 18.2 Å². The predicted molar refractivity (Wildman–Crippen MR) is 79.4 cm³/mol. The summed E-state index contributed by atoms with van der Waals surface area (Å²) in [7, 11) is 0. The molecule has 0 aliphatic rings. The van der Waals surface area contributed by atoms with Gasteiger partial charge in [0.15, 0.2) is 0 Å². The molecule has 0 bridgehead atoms. The van der Waals surface area contributed by atoms with Crippen molar-refractivity contribution in [3.8, 4) is 0 Å². The van der Waals surface area contributed by atoms with Gasteiger partial charge in [0, 0.05) is 22.5 Å². The number of thioether (sulfide) groups is 1. The van der Waals surface area contributed by atoms with Gasteiger partial charge in [-0.1, -0.05) is 15.9 Å². The third-order valence-electron chi connectivity index (χ3n) is 2.51. The lowest BCUT2D eigenvalue weighted by molar-refractivity contribution is -0.138. The summed E-state index contributed by atoms with van der Waals surface area (Å²) in [5.74, 6) is -0.585. The Morgan fingerprint density at radius 1 is 1.32 bits per heavy atom. The van der Waals surface area contributed by atoms with Crippen LogP contribution in [0.2, 0.25) is 0 Å². The first kappa shape index (κ1) is 16.0. The standard InChI is InChI=1S/C13H16BrNO3S/c1-2-15(8-7-13(17)18)12(16)9-19-11-5-3-10(14)4-6-11/h3-6H,2,7-9H2,1H3,(H,17,18). The molecule has 0 aliphatic heterocycles. The number of benzene rings is 1. The van der Waals surface area contributed by atoms with Crippen molar-refractivity contribution in [3.63, 3.8) is 0 Å². The van der Waals surface area contributed by atoms with Gasteiger partial charge in [-0.2, -0.15) is 0 Å². The van der Waals surface area contributed by atoms with Gasteiger partial charge in [-0.15, -0.1) is 11.8 Å². The quantitative estimate of drug-likeness (QED) is 0.772. The molecule has 1 rings (SSSR count). The zero-order chi connectivity index (χ0) is 14.3. The molecule has 0 aromatic heterocycles. The van der Waals surface area contributed by atoms with Crippen molar-refractivity contribution in [3.05, 3.63) is 28.7 Å². The Hall–Kier alpha value is -1.01. The molecule has 6 heteroatoms. The van der Waals surface area contributed by atoms with Crippen LogP contribution in [-0.4, -0.2) is 40.7 Å². The molecule has 0 aliphatic carbocycles. The Morgan fingerprint density at radius 3 is 2.47 bits per heavy atom. The minimum absolute atomic E-state index is 0.0114. The van der Waals surface area contributed by atoms with Gasteiger partial charge in [-0.25, -0.2) is 0 Å². The fourth-order valence-electron chi connectivity index (χ4n) is 1.46. The first-order chi connectivity index (χ1) is 9.02. The summed E-state index contributed by atoms with van der Waals surface area (Å²) in [5.41, 5.74) is 0. The topological polar surface area (TPSA) is 57.6 Å². The number of halogens is 1. The fourth-order valence-corrected chi connectivity index (χ4v) is 2.52. The number of hydrogen-bond donors (Lipinski definition) is 1. The summed E-state index contributed by atoms with van der Waals surface area (Å²) in [6.45, 7) is 2.66. The predicted octanol–water partition coefficient (Wildman–Crippen LogP) is 2.86. The van der Waals surface area contributed by atoms with E-state index in [-0.39, 0.29) is 18.9 Å². The van der Waals surface area contributed by atoms with Crippen LogP contribution in [0.3, 0.4) is 0 Å². The van der Waals surface area contributed by atoms with E-state index in [0.717, 1.165) is 9.37 Å². The summed E-state index contributed by atoms with van der Waals surface area (Å²) in [6.07, 6.45) is -0.0114. The van der Waals surface area contributed by atoms with E-state index in [0.29, 0.717) is 12.3 Å². The Labute approximate surface area is 125 Å². The Morgan fingerprint density at radius 2 is 1.95 bits per heavy atom. The smallest absolute Gasteiger partial charge is 0.305 e. The summed E-state index contributed by atoms with van der Waals surface area (Å²) >= 11 is 4.81. The summed E-state index contributed by atoms with van der Waals surface area (Å²) in [6, 6.07) is 7.73. The van der Waals surface area contributed by atoms with Gasteiger partial charge >= 0.3 is 5.97 Å². The third kappa shape index (κ3) is 6.11. The number of carboxylic acids is 1. The lowest BCUT2D eigenvalue weighted by Crippen LogP contribution is -2.34. The van der Waals surface area contributed by atoms with Gasteiger partial charge in [-0.05, 0) is 31.2 Å². The Bertz CT molecular complexity index is 436. The number of amides is 1. The molecule has 1 aromatic rings. The second kappa shape index (κ2) is 8.22. The van der Waals surface area contributed by atoms with E-state index < -0.39 is 5.97 Å². The molecular formula is C13H16BrNO3S. The molecule has 0 fully saturated rings. The molecule has 0 radical (unpaired) electrons. The molecule has 1 N–H and O–H groups in total. The molecule has 0 saturated carbocycles. The highest BCUT2D eigenvalue weighted by atomic mass is 79.9. The first-order valence-electron chi connectivity index (χ1n) is 5.91. The number of carbonyl (C=O) groups excluding carboxylic acids is 1. The Kier molecular flexibility index (Phi) is 6.94. The van der Waals surface area contributed by atoms with E-state index >= 15 is 0 Å². The highest BCUT2D eigenvalue weighted by molar-refractivity contribution is 9.10. The van der Waals surface area contributed by atoms with Crippen molar-refractivity contribution < 1.29 is 14.7 Å². The van der Waals surface area contributed by atoms with Crippen LogP contribution >= 0.6 is 27.7 Å². The molecule has 4 nitrogen and oxygen atoms in total. The monoisotopic (exact) mass is 345 g/mol. The van der Waals surface area contributed by atoms with Gasteiger partial charge in [0.2, 0.25) is 5.91 Å². The second-order valence-electron chi connectivity index (χ2n) is 3.86. The van der Waals surface area contributed by atoms with Crippen LogP contribution < -0.4 is 0 Å². The Balaban J connectivity index is 2.44. The number of aliphatic carboxylic acids is 1. The summed E-state index contributed by atoms with van der Waals surface area (Å²) in [5, 5.41) is 8.63. The molecule has 0 atom stereocenters. The largest absolute Gasteiger partial charge is 0.481 e. The number of nitrogens with zero attached hydrogens (tertiary/aromatic N) is 1. The minimum atomic E-state index is -0.883. The van der Waals surface area contributed by atoms with Crippen molar-refractivity contribution in [2.75, 3.05) is 18.8 Å². The van der Waals surface area contributed by atoms with Crippen LogP contribution in [0.15, 0.2) is 33.6 Å². The first-order valence-corrected chi connectivity index (χ1v) is 7.68. The number of carboxylic acid groups (broad SMARTS) is 1. The van der Waals surface area contributed by atoms with E-state index in [1.54, 1.807) is 4.90 Å². The van der Waals surface area contributed by atoms with E-state index in [9.17, 15) is 9.59 Å². The van der Waals surface area contributed by atoms with Gasteiger partial charge < -0.3 is 10.0 Å². The highest BCUT2D eigenvalue weighted by Gasteiger charge is 2.13. The van der Waals surface area contributed by atoms with Crippen LogP contribution in [-0.2, 0) is 9.59 Å². The van der Waals surface area contributed by atoms with E-state index in [1.807, 2.05) is 31.2 Å². The maximum atomic E-state index is 11.9. The zero-order valence-electron chi connectivity index (χ0n) is 10.6. The van der Waals surface area contributed by atoms with Crippen LogP contribution in [0.5, 0.6) is 0 Å². The number of hydrogen-bond acceptors (Lipinski definition) is 3. The normalized spacial score (nSPS) is 10.2. The lowest BCUT2D eigenvalue weighted by atomic mass is 10.4. The summed E-state index contributed by atoms with van der Waals surface area (Å²) < 4.78 is 1.000.